The van der Waals surface area contributed by atoms with Crippen molar-refractivity contribution in [1.29, 1.82) is 0 Å². The van der Waals surface area contributed by atoms with E-state index in [4.69, 9.17) is 9.84 Å². The second-order valence-electron chi connectivity index (χ2n) is 14.4. The quantitative estimate of drug-likeness (QED) is 0.0937. The summed E-state index contributed by atoms with van der Waals surface area (Å²) < 4.78 is 7.58. The minimum atomic E-state index is -0.672. The summed E-state index contributed by atoms with van der Waals surface area (Å²) in [6.45, 7) is 7.02. The largest absolute Gasteiger partial charge is 0.494 e. The highest BCUT2D eigenvalue weighted by molar-refractivity contribution is 7.17. The van der Waals surface area contributed by atoms with Crippen molar-refractivity contribution in [2.45, 2.75) is 122 Å². The van der Waals surface area contributed by atoms with Crippen LogP contribution in [-0.2, 0) is 16.0 Å². The third-order valence-corrected chi connectivity index (χ3v) is 11.5. The number of piperazine rings is 1. The van der Waals surface area contributed by atoms with Gasteiger partial charge in [0.2, 0.25) is 5.91 Å². The number of rotatable bonds is 24. The lowest BCUT2D eigenvalue weighted by molar-refractivity contribution is -0.137. The van der Waals surface area contributed by atoms with Gasteiger partial charge in [-0.15, -0.1) is 11.3 Å². The number of amides is 1. The van der Waals surface area contributed by atoms with Crippen LogP contribution in [0.3, 0.4) is 0 Å². The molecule has 0 unspecified atom stereocenters. The second kappa shape index (κ2) is 21.3. The summed E-state index contributed by atoms with van der Waals surface area (Å²) in [5.74, 6) is 0.464. The Hall–Kier alpha value is -3.10. The number of carbonyl (C=O) groups is 2. The fraction of sp³-hybridized carbons (Fsp3) is 0.619. The number of carboxylic acids is 1. The molecule has 2 aliphatic heterocycles. The number of carbonyl (C=O) groups excluding carboxylic acids is 1. The molecule has 1 saturated heterocycles. The molecule has 2 aromatic carbocycles. The standard InChI is InChI=1S/C42H61N3O4S/c46-41-24-22-35-21-23-36(49-32-16-15-26-43-28-30-44(31-29-43)38-18-17-19-40-37(38)25-33-50-40)34-39(35)45(41)27-14-12-10-8-6-4-2-1-3-5-7-9-11-13-20-42(47)48/h17-19,21,23,25,33-34H,1-16,20,22,24,26-32H2,(H,47,48). The molecule has 1 N–H and O–H groups in total. The predicted molar refractivity (Wildman–Crippen MR) is 209 cm³/mol. The van der Waals surface area contributed by atoms with Crippen LogP contribution in [0.1, 0.15) is 121 Å². The van der Waals surface area contributed by atoms with Gasteiger partial charge in [-0.3, -0.25) is 14.5 Å². The highest BCUT2D eigenvalue weighted by atomic mass is 32.1. The van der Waals surface area contributed by atoms with Crippen LogP contribution < -0.4 is 14.5 Å². The van der Waals surface area contributed by atoms with Crippen molar-refractivity contribution < 1.29 is 19.4 Å². The van der Waals surface area contributed by atoms with Gasteiger partial charge in [-0.2, -0.15) is 0 Å². The lowest BCUT2D eigenvalue weighted by Crippen LogP contribution is -2.46. The molecule has 2 aliphatic rings. The summed E-state index contributed by atoms with van der Waals surface area (Å²) in [5, 5.41) is 12.3. The first-order chi connectivity index (χ1) is 24.6. The van der Waals surface area contributed by atoms with Gasteiger partial charge in [-0.05, 0) is 73.9 Å². The van der Waals surface area contributed by atoms with Crippen molar-refractivity contribution in [2.24, 2.45) is 0 Å². The molecule has 1 amide bonds. The van der Waals surface area contributed by atoms with Crippen molar-refractivity contribution >= 4 is 44.7 Å². The Balaban J connectivity index is 0.899. The molecular formula is C42H61N3O4S. The molecule has 5 rings (SSSR count). The number of benzene rings is 2. The average Bonchev–Trinajstić information content (AvgIpc) is 3.62. The van der Waals surface area contributed by atoms with Gasteiger partial charge in [0.05, 0.1) is 12.3 Å². The maximum atomic E-state index is 12.9. The van der Waals surface area contributed by atoms with Gasteiger partial charge in [0, 0.05) is 67.4 Å². The van der Waals surface area contributed by atoms with Crippen LogP contribution in [0.4, 0.5) is 11.4 Å². The molecule has 274 valence electrons. The number of nitrogens with zero attached hydrogens (tertiary/aromatic N) is 3. The van der Waals surface area contributed by atoms with E-state index >= 15 is 0 Å². The Labute approximate surface area is 305 Å². The molecule has 1 fully saturated rings. The number of ether oxygens (including phenoxy) is 1. The first-order valence-electron chi connectivity index (χ1n) is 19.8. The molecule has 0 spiro atoms. The van der Waals surface area contributed by atoms with E-state index in [-0.39, 0.29) is 5.91 Å². The maximum Gasteiger partial charge on any atom is 0.303 e. The highest BCUT2D eigenvalue weighted by Gasteiger charge is 2.24. The molecule has 0 radical (unpaired) electrons. The van der Waals surface area contributed by atoms with Crippen LogP contribution in [0, 0.1) is 0 Å². The Bertz CT molecular complexity index is 1450. The van der Waals surface area contributed by atoms with E-state index in [9.17, 15) is 9.59 Å². The molecule has 7 nitrogen and oxygen atoms in total. The first kappa shape index (κ1) is 38.1. The number of carboxylic acid groups (broad SMARTS) is 1. The molecule has 0 bridgehead atoms. The highest BCUT2D eigenvalue weighted by Crippen LogP contribution is 2.33. The zero-order valence-corrected chi connectivity index (χ0v) is 31.2. The second-order valence-corrected chi connectivity index (χ2v) is 15.4. The summed E-state index contributed by atoms with van der Waals surface area (Å²) in [6.07, 6.45) is 20.8. The van der Waals surface area contributed by atoms with Gasteiger partial charge >= 0.3 is 5.97 Å². The van der Waals surface area contributed by atoms with E-state index in [1.54, 1.807) is 0 Å². The number of hydrogen-bond donors (Lipinski definition) is 1. The first-order valence-corrected chi connectivity index (χ1v) is 20.7. The zero-order valence-electron chi connectivity index (χ0n) is 30.4. The number of aliphatic carboxylic acids is 1. The molecule has 1 aromatic heterocycles. The van der Waals surface area contributed by atoms with E-state index in [0.29, 0.717) is 19.4 Å². The number of thiophene rings is 1. The third-order valence-electron chi connectivity index (χ3n) is 10.6. The predicted octanol–water partition coefficient (Wildman–Crippen LogP) is 10.1. The fourth-order valence-corrected chi connectivity index (χ4v) is 8.42. The van der Waals surface area contributed by atoms with E-state index in [1.165, 1.54) is 92.0 Å². The van der Waals surface area contributed by atoms with Crippen molar-refractivity contribution in [3.63, 3.8) is 0 Å². The molecule has 0 aliphatic carbocycles. The fourth-order valence-electron chi connectivity index (χ4n) is 7.61. The Morgan fingerprint density at radius 2 is 1.36 bits per heavy atom. The van der Waals surface area contributed by atoms with E-state index in [1.807, 2.05) is 16.2 Å². The average molecular weight is 704 g/mol. The van der Waals surface area contributed by atoms with E-state index < -0.39 is 5.97 Å². The number of aryl methyl sites for hydroxylation is 1. The van der Waals surface area contributed by atoms with Crippen molar-refractivity contribution in [1.82, 2.24) is 4.90 Å². The molecule has 0 saturated carbocycles. The van der Waals surface area contributed by atoms with Crippen molar-refractivity contribution in [3.8, 4) is 5.75 Å². The van der Waals surface area contributed by atoms with Gasteiger partial charge in [0.25, 0.3) is 0 Å². The van der Waals surface area contributed by atoms with Crippen LogP contribution in [-0.4, -0.2) is 67.8 Å². The normalized spacial score (nSPS) is 15.2. The Morgan fingerprint density at radius 3 is 2.06 bits per heavy atom. The SMILES string of the molecule is O=C(O)CCCCCCCCCCCCCCCCN1C(=O)CCc2ccc(OCCCCN3CCN(c4cccc5sccc45)CC3)cc21. The number of hydrogen-bond acceptors (Lipinski definition) is 6. The van der Waals surface area contributed by atoms with Gasteiger partial charge in [0.1, 0.15) is 5.75 Å². The van der Waals surface area contributed by atoms with Crippen LogP contribution in [0.25, 0.3) is 10.1 Å². The van der Waals surface area contributed by atoms with E-state index in [0.717, 1.165) is 89.2 Å². The number of anilines is 2. The maximum absolute atomic E-state index is 12.9. The minimum absolute atomic E-state index is 0.252. The lowest BCUT2D eigenvalue weighted by Gasteiger charge is -2.36. The van der Waals surface area contributed by atoms with Gasteiger partial charge in [-0.25, -0.2) is 0 Å². The van der Waals surface area contributed by atoms with Crippen LogP contribution in [0.2, 0.25) is 0 Å². The zero-order chi connectivity index (χ0) is 34.8. The summed E-state index contributed by atoms with van der Waals surface area (Å²) >= 11 is 1.82. The summed E-state index contributed by atoms with van der Waals surface area (Å²) in [4.78, 5) is 30.6. The smallest absolute Gasteiger partial charge is 0.303 e. The van der Waals surface area contributed by atoms with Crippen LogP contribution in [0.15, 0.2) is 47.8 Å². The summed E-state index contributed by atoms with van der Waals surface area (Å²) in [6, 6.07) is 15.3. The number of unbranched alkanes of at least 4 members (excludes halogenated alkanes) is 14. The van der Waals surface area contributed by atoms with Crippen molar-refractivity contribution in [3.05, 3.63) is 53.4 Å². The summed E-state index contributed by atoms with van der Waals surface area (Å²) in [5.41, 5.74) is 3.71. The van der Waals surface area contributed by atoms with Crippen LogP contribution >= 0.6 is 11.3 Å². The Kier molecular flexibility index (Phi) is 16.3. The van der Waals surface area contributed by atoms with Crippen molar-refractivity contribution in [2.75, 3.05) is 55.7 Å². The summed E-state index contributed by atoms with van der Waals surface area (Å²) in [7, 11) is 0. The van der Waals surface area contributed by atoms with E-state index in [2.05, 4.69) is 57.6 Å². The third kappa shape index (κ3) is 12.3. The molecule has 3 aromatic rings. The lowest BCUT2D eigenvalue weighted by atomic mass is 10.00. The van der Waals surface area contributed by atoms with Gasteiger partial charge < -0.3 is 19.6 Å². The number of fused-ring (bicyclic) bond motifs is 2. The molecular weight excluding hydrogens is 643 g/mol. The minimum Gasteiger partial charge on any atom is -0.494 e. The topological polar surface area (TPSA) is 73.3 Å². The van der Waals surface area contributed by atoms with Crippen LogP contribution in [0.5, 0.6) is 5.75 Å². The monoisotopic (exact) mass is 703 g/mol. The van der Waals surface area contributed by atoms with Gasteiger partial charge in [-0.1, -0.05) is 89.2 Å². The molecule has 50 heavy (non-hydrogen) atoms. The van der Waals surface area contributed by atoms with Gasteiger partial charge in [0.15, 0.2) is 0 Å². The molecule has 8 heteroatoms. The molecule has 0 atom stereocenters. The Morgan fingerprint density at radius 1 is 0.700 bits per heavy atom. The molecule has 3 heterocycles.